The number of esters is 2. The molecule has 184 valence electrons. The summed E-state index contributed by atoms with van der Waals surface area (Å²) in [4.78, 5) is 24.3. The topological polar surface area (TPSA) is 52.6 Å². The molecule has 4 aromatic carbocycles. The van der Waals surface area contributed by atoms with Crippen molar-refractivity contribution in [3.05, 3.63) is 121 Å². The number of carbonyl (C=O) groups excluding carboxylic acids is 2. The van der Waals surface area contributed by atoms with Gasteiger partial charge in [0.2, 0.25) is 0 Å². The molecule has 4 nitrogen and oxygen atoms in total. The summed E-state index contributed by atoms with van der Waals surface area (Å²) in [5, 5.41) is 0.573. The van der Waals surface area contributed by atoms with Gasteiger partial charge in [0.25, 0.3) is 0 Å². The van der Waals surface area contributed by atoms with Crippen LogP contribution < -0.4 is 20.7 Å². The molecular weight excluding hydrogens is 535 g/mol. The van der Waals surface area contributed by atoms with Crippen molar-refractivity contribution in [3.8, 4) is 5.75 Å². The first-order valence-corrected chi connectivity index (χ1v) is 16.2. The number of hydrogen-bond donors (Lipinski definition) is 0. The Morgan fingerprint density at radius 1 is 0.694 bits per heavy atom. The number of hydrogen-bond acceptors (Lipinski definition) is 4. The fourth-order valence-corrected chi connectivity index (χ4v) is 12.2. The predicted octanol–water partition coefficient (Wildman–Crippen LogP) is 6.00. The van der Waals surface area contributed by atoms with E-state index in [2.05, 4.69) is 88.3 Å². The zero-order chi connectivity index (χ0) is 25.5. The number of benzene rings is 4. The molecule has 0 atom stereocenters. The number of para-hydroxylation sites is 1. The summed E-state index contributed by atoms with van der Waals surface area (Å²) in [6, 6.07) is 38.1. The minimum absolute atomic E-state index is 0.202. The normalized spacial score (nSPS) is 12.2. The van der Waals surface area contributed by atoms with E-state index in [0.29, 0.717) is 6.42 Å². The molecule has 0 aliphatic heterocycles. The molecule has 0 N–H and O–H groups in total. The molecule has 0 aliphatic rings. The van der Waals surface area contributed by atoms with Crippen molar-refractivity contribution in [2.24, 2.45) is 0 Å². The van der Waals surface area contributed by atoms with E-state index in [1.807, 2.05) is 18.2 Å². The summed E-state index contributed by atoms with van der Waals surface area (Å²) in [5.41, 5.74) is 0.234. The van der Waals surface area contributed by atoms with E-state index in [1.165, 1.54) is 22.8 Å². The van der Waals surface area contributed by atoms with E-state index < -0.39 is 17.2 Å². The minimum atomic E-state index is -3.07. The zero-order valence-corrected chi connectivity index (χ0v) is 22.5. The van der Waals surface area contributed by atoms with Gasteiger partial charge >= 0.3 is 220 Å². The molecule has 0 heterocycles. The van der Waals surface area contributed by atoms with Crippen LogP contribution >= 0.6 is 20.8 Å². The summed E-state index contributed by atoms with van der Waals surface area (Å²) in [6.45, 7) is 1.53. The maximum atomic E-state index is 12.8. The van der Waals surface area contributed by atoms with Gasteiger partial charge in [-0.25, -0.2) is 0 Å². The number of rotatable bonds is 9. The van der Waals surface area contributed by atoms with Gasteiger partial charge in [-0.2, -0.15) is 0 Å². The molecule has 0 saturated heterocycles. The molecule has 0 bridgehead atoms. The van der Waals surface area contributed by atoms with Gasteiger partial charge in [0, 0.05) is 0 Å². The van der Waals surface area contributed by atoms with Gasteiger partial charge in [-0.3, -0.25) is 0 Å². The molecular formula is C30H28BrO4P. The van der Waals surface area contributed by atoms with Gasteiger partial charge in [-0.15, -0.1) is 0 Å². The van der Waals surface area contributed by atoms with E-state index in [-0.39, 0.29) is 17.9 Å². The molecule has 0 radical (unpaired) electrons. The van der Waals surface area contributed by atoms with Gasteiger partial charge in [0.05, 0.1) is 0 Å². The van der Waals surface area contributed by atoms with Crippen molar-refractivity contribution >= 4 is 48.6 Å². The van der Waals surface area contributed by atoms with Crippen molar-refractivity contribution < 1.29 is 19.1 Å². The average molecular weight is 563 g/mol. The van der Waals surface area contributed by atoms with Gasteiger partial charge in [0.15, 0.2) is 0 Å². The predicted molar refractivity (Wildman–Crippen MR) is 152 cm³/mol. The van der Waals surface area contributed by atoms with Crippen LogP contribution in [0.4, 0.5) is 0 Å². The summed E-state index contributed by atoms with van der Waals surface area (Å²) in [7, 11) is 0. The van der Waals surface area contributed by atoms with E-state index in [9.17, 15) is 9.59 Å². The quantitative estimate of drug-likeness (QED) is 0.109. The Labute approximate surface area is 219 Å². The van der Waals surface area contributed by atoms with E-state index in [4.69, 9.17) is 9.47 Å². The summed E-state index contributed by atoms with van der Waals surface area (Å²) in [6.07, 6.45) is 1.38. The molecule has 0 saturated carbocycles. The standard InChI is InChI=1S/C30H28BrO4P/c1-24(32)35-29-21-12-11-20-28(29)30(33)34-22-13-23-36(31,25-14-5-2-6-15-25,26-16-7-3-8-17-26)27-18-9-4-10-19-27/h2-12,14-21H,13,22-23H2,1H3. The van der Waals surface area contributed by atoms with Crippen LogP contribution in [0.3, 0.4) is 0 Å². The van der Waals surface area contributed by atoms with Gasteiger partial charge < -0.3 is 0 Å². The average Bonchev–Trinajstić information content (AvgIpc) is 2.92. The zero-order valence-electron chi connectivity index (χ0n) is 20.0. The van der Waals surface area contributed by atoms with Crippen LogP contribution in [0.25, 0.3) is 0 Å². The van der Waals surface area contributed by atoms with Crippen LogP contribution in [0.5, 0.6) is 5.75 Å². The van der Waals surface area contributed by atoms with Crippen molar-refractivity contribution in [3.63, 3.8) is 0 Å². The summed E-state index contributed by atoms with van der Waals surface area (Å²) in [5.74, 6) is -0.797. The first kappa shape index (κ1) is 25.8. The number of carbonyl (C=O) groups is 2. The first-order chi connectivity index (χ1) is 17.4. The Morgan fingerprint density at radius 3 is 1.61 bits per heavy atom. The fourth-order valence-electron chi connectivity index (χ4n) is 4.53. The Bertz CT molecular complexity index is 1230. The monoisotopic (exact) mass is 562 g/mol. The third-order valence-electron chi connectivity index (χ3n) is 6.20. The molecule has 0 aliphatic carbocycles. The van der Waals surface area contributed by atoms with E-state index in [0.717, 1.165) is 6.16 Å². The summed E-state index contributed by atoms with van der Waals surface area (Å²) >= 11 is 4.40. The fraction of sp³-hybridized carbons (Fsp3) is 0.133. The van der Waals surface area contributed by atoms with Crippen molar-refractivity contribution in [2.45, 2.75) is 13.3 Å². The van der Waals surface area contributed by atoms with Crippen LogP contribution in [0.1, 0.15) is 23.7 Å². The Morgan fingerprint density at radius 2 is 1.14 bits per heavy atom. The first-order valence-electron chi connectivity index (χ1n) is 11.8. The van der Waals surface area contributed by atoms with Crippen LogP contribution in [-0.2, 0) is 9.53 Å². The van der Waals surface area contributed by atoms with Gasteiger partial charge in [-0.05, 0) is 0 Å². The molecule has 6 heteroatoms. The molecule has 36 heavy (non-hydrogen) atoms. The third kappa shape index (κ3) is 5.13. The molecule has 0 spiro atoms. The SMILES string of the molecule is CC(=O)Oc1ccccc1C(=O)OCCCP(Br)(c1ccccc1)(c1ccccc1)c1ccccc1. The van der Waals surface area contributed by atoms with Crippen LogP contribution in [0.15, 0.2) is 115 Å². The summed E-state index contributed by atoms with van der Waals surface area (Å²) < 4.78 is 10.8. The van der Waals surface area contributed by atoms with Gasteiger partial charge in [0.1, 0.15) is 0 Å². The molecule has 4 aromatic rings. The van der Waals surface area contributed by atoms with E-state index >= 15 is 0 Å². The van der Waals surface area contributed by atoms with Crippen molar-refractivity contribution in [1.29, 1.82) is 0 Å². The molecule has 0 fully saturated rings. The molecule has 4 rings (SSSR count). The molecule has 0 unspecified atom stereocenters. The van der Waals surface area contributed by atoms with Crippen LogP contribution in [-0.4, -0.2) is 24.7 Å². The Kier molecular flexibility index (Phi) is 8.03. The van der Waals surface area contributed by atoms with Crippen LogP contribution in [0.2, 0.25) is 0 Å². The molecule has 0 amide bonds. The Balaban J connectivity index is 1.65. The number of ether oxygens (including phenoxy) is 2. The van der Waals surface area contributed by atoms with E-state index in [1.54, 1.807) is 24.3 Å². The second-order valence-corrected chi connectivity index (χ2v) is 17.6. The molecule has 0 aromatic heterocycles. The number of halogens is 1. The second kappa shape index (κ2) is 11.2. The van der Waals surface area contributed by atoms with Gasteiger partial charge in [-0.1, -0.05) is 0 Å². The third-order valence-corrected chi connectivity index (χ3v) is 16.2. The van der Waals surface area contributed by atoms with Crippen molar-refractivity contribution in [1.82, 2.24) is 0 Å². The van der Waals surface area contributed by atoms with Crippen LogP contribution in [0, 0.1) is 0 Å². The van der Waals surface area contributed by atoms with Crippen molar-refractivity contribution in [2.75, 3.05) is 12.8 Å². The second-order valence-electron chi connectivity index (χ2n) is 8.49. The maximum absolute atomic E-state index is 12.8. The Hall–Kier alpha value is -3.27.